The number of rotatable bonds is 7. The molecule has 0 spiro atoms. The van der Waals surface area contributed by atoms with Gasteiger partial charge in [0.1, 0.15) is 6.04 Å². The molecule has 1 atom stereocenters. The molecule has 0 fully saturated rings. The maximum Gasteiger partial charge on any atom is 0.246 e. The fourth-order valence-electron chi connectivity index (χ4n) is 2.81. The molecule has 0 radical (unpaired) electrons. The van der Waals surface area contributed by atoms with E-state index in [1.54, 1.807) is 24.3 Å². The Morgan fingerprint density at radius 3 is 2.61 bits per heavy atom. The van der Waals surface area contributed by atoms with E-state index in [2.05, 4.69) is 15.5 Å². The summed E-state index contributed by atoms with van der Waals surface area (Å²) < 4.78 is 57.0. The highest BCUT2D eigenvalue weighted by Crippen LogP contribution is 2.23. The molecule has 8 nitrogen and oxygen atoms in total. The summed E-state index contributed by atoms with van der Waals surface area (Å²) in [5, 5.41) is 6.79. The Labute approximate surface area is 181 Å². The van der Waals surface area contributed by atoms with Crippen molar-refractivity contribution in [3.63, 3.8) is 0 Å². The molecule has 0 bridgehead atoms. The molecule has 1 aromatic heterocycles. The minimum Gasteiger partial charge on any atom is -0.345 e. The third kappa shape index (κ3) is 5.36. The number of carbonyl (C=O) groups excluding carboxylic acids is 1. The molecule has 1 amide bonds. The summed E-state index contributed by atoms with van der Waals surface area (Å²) in [5.41, 5.74) is 0.425. The first-order chi connectivity index (χ1) is 14.6. The number of hydrogen-bond acceptors (Lipinski definition) is 6. The van der Waals surface area contributed by atoms with Gasteiger partial charge in [0, 0.05) is 16.7 Å². The maximum absolute atomic E-state index is 13.6. The van der Waals surface area contributed by atoms with E-state index >= 15 is 0 Å². The van der Waals surface area contributed by atoms with Crippen LogP contribution < -0.4 is 9.62 Å². The van der Waals surface area contributed by atoms with Crippen LogP contribution in [0.3, 0.4) is 0 Å². The monoisotopic (exact) mass is 470 g/mol. The zero-order valence-electron chi connectivity index (χ0n) is 16.3. The second-order valence-electron chi connectivity index (χ2n) is 6.57. The van der Waals surface area contributed by atoms with Gasteiger partial charge in [0.05, 0.1) is 18.5 Å². The molecule has 0 saturated carbocycles. The Kier molecular flexibility index (Phi) is 6.56. The number of benzene rings is 2. The standard InChI is InChI=1S/C19H17ClF2N4O4S/c1-11(26(31(2,28)29)14-6-7-15(21)16(22)9-14)19(27)23-10-17-24-18(25-30-17)12-4-3-5-13(20)8-12/h3-9,11H,10H2,1-2H3,(H,23,27). The summed E-state index contributed by atoms with van der Waals surface area (Å²) in [6, 6.07) is 8.06. The number of anilines is 1. The molecule has 1 N–H and O–H groups in total. The van der Waals surface area contributed by atoms with Gasteiger partial charge in [-0.3, -0.25) is 9.10 Å². The number of nitrogens with zero attached hydrogens (tertiary/aromatic N) is 3. The molecule has 0 aliphatic carbocycles. The molecule has 2 aromatic carbocycles. The summed E-state index contributed by atoms with van der Waals surface area (Å²) >= 11 is 5.93. The van der Waals surface area contributed by atoms with Crippen LogP contribution in [0.25, 0.3) is 11.4 Å². The molecule has 0 aliphatic rings. The first-order valence-corrected chi connectivity index (χ1v) is 11.1. The molecule has 0 saturated heterocycles. The predicted octanol–water partition coefficient (Wildman–Crippen LogP) is 3.14. The van der Waals surface area contributed by atoms with Crippen molar-refractivity contribution in [2.24, 2.45) is 0 Å². The molecule has 0 aliphatic heterocycles. The first-order valence-electron chi connectivity index (χ1n) is 8.87. The zero-order chi connectivity index (χ0) is 22.8. The zero-order valence-corrected chi connectivity index (χ0v) is 17.9. The van der Waals surface area contributed by atoms with Crippen LogP contribution in [0.15, 0.2) is 47.0 Å². The van der Waals surface area contributed by atoms with E-state index < -0.39 is 33.6 Å². The lowest BCUT2D eigenvalue weighted by atomic mass is 10.2. The Bertz CT molecular complexity index is 1220. The van der Waals surface area contributed by atoms with Crippen LogP contribution in [-0.4, -0.2) is 36.8 Å². The number of sulfonamides is 1. The van der Waals surface area contributed by atoms with Crippen molar-refractivity contribution in [1.82, 2.24) is 15.5 Å². The average Bonchev–Trinajstić information content (AvgIpc) is 3.17. The number of hydrogen-bond donors (Lipinski definition) is 1. The number of aromatic nitrogens is 2. The van der Waals surface area contributed by atoms with Gasteiger partial charge in [-0.2, -0.15) is 4.98 Å². The number of nitrogens with one attached hydrogen (secondary N) is 1. The Hall–Kier alpha value is -3.05. The molecular formula is C19H17ClF2N4O4S. The molecule has 3 rings (SSSR count). The van der Waals surface area contributed by atoms with Crippen LogP contribution in [-0.2, 0) is 21.4 Å². The fourth-order valence-corrected chi connectivity index (χ4v) is 4.17. The van der Waals surface area contributed by atoms with Crippen LogP contribution >= 0.6 is 11.6 Å². The van der Waals surface area contributed by atoms with Gasteiger partial charge in [0.15, 0.2) is 11.6 Å². The minimum atomic E-state index is -3.99. The average molecular weight is 471 g/mol. The predicted molar refractivity (Wildman–Crippen MR) is 110 cm³/mol. The van der Waals surface area contributed by atoms with Crippen LogP contribution in [0.2, 0.25) is 5.02 Å². The van der Waals surface area contributed by atoms with Crippen molar-refractivity contribution >= 4 is 33.2 Å². The van der Waals surface area contributed by atoms with Gasteiger partial charge < -0.3 is 9.84 Å². The van der Waals surface area contributed by atoms with E-state index in [1.165, 1.54) is 6.92 Å². The molecule has 164 valence electrons. The van der Waals surface area contributed by atoms with Crippen molar-refractivity contribution in [2.75, 3.05) is 10.6 Å². The van der Waals surface area contributed by atoms with Gasteiger partial charge in [-0.15, -0.1) is 0 Å². The molecule has 1 unspecified atom stereocenters. The van der Waals surface area contributed by atoms with Crippen molar-refractivity contribution < 1.29 is 26.5 Å². The van der Waals surface area contributed by atoms with E-state index in [0.717, 1.165) is 18.4 Å². The second-order valence-corrected chi connectivity index (χ2v) is 8.87. The van der Waals surface area contributed by atoms with E-state index in [4.69, 9.17) is 16.1 Å². The summed E-state index contributed by atoms with van der Waals surface area (Å²) in [4.78, 5) is 16.7. The minimum absolute atomic E-state index is 0.0780. The lowest BCUT2D eigenvalue weighted by Crippen LogP contribution is -2.47. The lowest BCUT2D eigenvalue weighted by molar-refractivity contribution is -0.122. The van der Waals surface area contributed by atoms with Gasteiger partial charge >= 0.3 is 0 Å². The molecular weight excluding hydrogens is 454 g/mol. The van der Waals surface area contributed by atoms with Gasteiger partial charge in [-0.05, 0) is 31.2 Å². The Balaban J connectivity index is 1.73. The topological polar surface area (TPSA) is 105 Å². The quantitative estimate of drug-likeness (QED) is 0.568. The second kappa shape index (κ2) is 8.98. The Morgan fingerprint density at radius 2 is 1.97 bits per heavy atom. The molecule has 12 heteroatoms. The fraction of sp³-hybridized carbons (Fsp3) is 0.211. The van der Waals surface area contributed by atoms with Crippen LogP contribution in [0, 0.1) is 11.6 Å². The third-order valence-electron chi connectivity index (χ3n) is 4.21. The third-order valence-corrected chi connectivity index (χ3v) is 5.69. The normalized spacial score (nSPS) is 12.4. The van der Waals surface area contributed by atoms with Crippen LogP contribution in [0.1, 0.15) is 12.8 Å². The number of carbonyl (C=O) groups is 1. The number of amides is 1. The van der Waals surface area contributed by atoms with Crippen LogP contribution in [0.5, 0.6) is 0 Å². The van der Waals surface area contributed by atoms with Crippen molar-refractivity contribution in [2.45, 2.75) is 19.5 Å². The number of halogens is 3. The molecule has 31 heavy (non-hydrogen) atoms. The smallest absolute Gasteiger partial charge is 0.246 e. The summed E-state index contributed by atoms with van der Waals surface area (Å²) in [5.74, 6) is -2.74. The Morgan fingerprint density at radius 1 is 1.23 bits per heavy atom. The lowest BCUT2D eigenvalue weighted by Gasteiger charge is -2.28. The van der Waals surface area contributed by atoms with E-state index in [-0.39, 0.29) is 23.9 Å². The van der Waals surface area contributed by atoms with Gasteiger partial charge in [-0.25, -0.2) is 17.2 Å². The molecule has 1 heterocycles. The van der Waals surface area contributed by atoms with Gasteiger partial charge in [0.25, 0.3) is 0 Å². The highest BCUT2D eigenvalue weighted by atomic mass is 35.5. The first kappa shape index (κ1) is 22.6. The largest absolute Gasteiger partial charge is 0.345 e. The van der Waals surface area contributed by atoms with E-state index in [9.17, 15) is 22.0 Å². The molecule has 3 aromatic rings. The van der Waals surface area contributed by atoms with Crippen molar-refractivity contribution in [3.05, 3.63) is 65.0 Å². The van der Waals surface area contributed by atoms with Gasteiger partial charge in [0.2, 0.25) is 27.6 Å². The van der Waals surface area contributed by atoms with Gasteiger partial charge in [-0.1, -0.05) is 28.9 Å². The van der Waals surface area contributed by atoms with E-state index in [0.29, 0.717) is 21.0 Å². The SMILES string of the molecule is CC(C(=O)NCc1nc(-c2cccc(Cl)c2)no1)N(c1ccc(F)c(F)c1)S(C)(=O)=O. The summed E-state index contributed by atoms with van der Waals surface area (Å²) in [6.07, 6.45) is 0.854. The van der Waals surface area contributed by atoms with E-state index in [1.807, 2.05) is 0 Å². The summed E-state index contributed by atoms with van der Waals surface area (Å²) in [7, 11) is -3.99. The summed E-state index contributed by atoms with van der Waals surface area (Å²) in [6.45, 7) is 1.13. The maximum atomic E-state index is 13.6. The highest BCUT2D eigenvalue weighted by Gasteiger charge is 2.30. The van der Waals surface area contributed by atoms with Crippen molar-refractivity contribution in [3.8, 4) is 11.4 Å². The van der Waals surface area contributed by atoms with Crippen molar-refractivity contribution in [1.29, 1.82) is 0 Å². The highest BCUT2D eigenvalue weighted by molar-refractivity contribution is 7.92. The van der Waals surface area contributed by atoms with Crippen LogP contribution in [0.4, 0.5) is 14.5 Å².